The van der Waals surface area contributed by atoms with Gasteiger partial charge in [-0.05, 0) is 5.92 Å². The Labute approximate surface area is 126 Å². The van der Waals surface area contributed by atoms with Gasteiger partial charge in [0.1, 0.15) is 0 Å². The summed E-state index contributed by atoms with van der Waals surface area (Å²) in [5.74, 6) is 0.968. The summed E-state index contributed by atoms with van der Waals surface area (Å²) in [5.41, 5.74) is 0. The zero-order chi connectivity index (χ0) is 14.6. The highest BCUT2D eigenvalue weighted by Gasteiger charge is 1.97. The van der Waals surface area contributed by atoms with E-state index >= 15 is 0 Å². The van der Waals surface area contributed by atoms with Crippen LogP contribution in [0.1, 0.15) is 120 Å². The van der Waals surface area contributed by atoms with Crippen molar-refractivity contribution in [3.63, 3.8) is 0 Å². The maximum absolute atomic E-state index is 2.36. The third-order valence-corrected chi connectivity index (χ3v) is 2.79. The molecule has 0 aliphatic carbocycles. The van der Waals surface area contributed by atoms with Crippen molar-refractivity contribution in [3.05, 3.63) is 0 Å². The van der Waals surface area contributed by atoms with Crippen LogP contribution in [-0.2, 0) is 0 Å². The average Bonchev–Trinajstić information content (AvgIpc) is 2.36. The minimum Gasteiger partial charge on any atom is -0.0776 e. The molecule has 0 heteroatoms. The van der Waals surface area contributed by atoms with Gasteiger partial charge in [0.15, 0.2) is 0 Å². The molecule has 0 N–H and O–H groups in total. The van der Waals surface area contributed by atoms with E-state index in [1.54, 1.807) is 0 Å². The number of hydrogen-bond acceptors (Lipinski definition) is 0. The summed E-state index contributed by atoms with van der Waals surface area (Å²) >= 11 is 0. The van der Waals surface area contributed by atoms with Gasteiger partial charge in [-0.1, -0.05) is 120 Å². The van der Waals surface area contributed by atoms with Crippen molar-refractivity contribution in [2.24, 2.45) is 5.92 Å². The lowest BCUT2D eigenvalue weighted by Crippen LogP contribution is -1.92. The van der Waals surface area contributed by atoms with Crippen molar-refractivity contribution in [3.8, 4) is 0 Å². The first-order valence-electron chi connectivity index (χ1n) is 8.64. The van der Waals surface area contributed by atoms with Crippen LogP contribution in [0.15, 0.2) is 0 Å². The van der Waals surface area contributed by atoms with Crippen LogP contribution in [0.2, 0.25) is 0 Å². The third kappa shape index (κ3) is 46.1. The topological polar surface area (TPSA) is 0 Å². The second kappa shape index (κ2) is 30.8. The summed E-state index contributed by atoms with van der Waals surface area (Å²) in [5, 5.41) is 0. The fourth-order valence-electron chi connectivity index (χ4n) is 1.69. The maximum atomic E-state index is 2.36. The van der Waals surface area contributed by atoms with Gasteiger partial charge >= 0.3 is 0 Å². The van der Waals surface area contributed by atoms with Gasteiger partial charge in [0.25, 0.3) is 0 Å². The lowest BCUT2D eigenvalue weighted by Gasteiger charge is -2.07. The van der Waals surface area contributed by atoms with Crippen LogP contribution in [0.4, 0.5) is 0 Å². The van der Waals surface area contributed by atoms with Gasteiger partial charge in [0, 0.05) is 0 Å². The normalized spacial score (nSPS) is 10.3. The quantitative estimate of drug-likeness (QED) is 0.391. The Kier molecular flexibility index (Phi) is 44.3. The Balaban J connectivity index is -0.0000000982. The van der Waals surface area contributed by atoms with E-state index in [1.165, 1.54) is 64.2 Å². The van der Waals surface area contributed by atoms with E-state index in [9.17, 15) is 0 Å². The molecule has 0 aromatic rings. The van der Waals surface area contributed by atoms with Crippen molar-refractivity contribution >= 4 is 0 Å². The Morgan fingerprint density at radius 1 is 0.579 bits per heavy atom. The molecule has 0 bridgehead atoms. The molecule has 0 amide bonds. The van der Waals surface area contributed by atoms with Gasteiger partial charge in [-0.25, -0.2) is 0 Å². The molecule has 0 aromatic heterocycles. The molecule has 0 rings (SSSR count). The zero-order valence-corrected chi connectivity index (χ0v) is 14.6. The van der Waals surface area contributed by atoms with Crippen LogP contribution in [0, 0.1) is 5.92 Å². The average molecular weight is 275 g/mol. The fourth-order valence-corrected chi connectivity index (χ4v) is 1.69. The highest BCUT2D eigenvalue weighted by molar-refractivity contribution is 4.50. The second-order valence-electron chi connectivity index (χ2n) is 5.45. The molecule has 0 fully saturated rings. The van der Waals surface area contributed by atoms with Crippen LogP contribution in [0.5, 0.6) is 0 Å². The minimum absolute atomic E-state index is 0. The van der Waals surface area contributed by atoms with E-state index in [2.05, 4.69) is 48.5 Å². The molecule has 0 aliphatic rings. The zero-order valence-electron chi connectivity index (χ0n) is 14.6. The Bertz CT molecular complexity index is 92.2. The molecule has 0 saturated carbocycles. The second-order valence-corrected chi connectivity index (χ2v) is 5.45. The Morgan fingerprint density at radius 2 is 0.947 bits per heavy atom. The Hall–Kier alpha value is 0. The Morgan fingerprint density at radius 3 is 1.21 bits per heavy atom. The van der Waals surface area contributed by atoms with Crippen LogP contribution < -0.4 is 0 Å². The molecule has 0 radical (unpaired) electrons. The standard InChI is InChI=1S/C9H20.C6H14.C3H8.CH4/c1-4-6-8-9(3)7-5-2;1-3-5-6-4-2;1-3-2;/h9H,4-8H2,1-3H3;3-6H2,1-2H3;3H2,1-2H3;1H4. The number of rotatable bonds is 8. The van der Waals surface area contributed by atoms with Crippen molar-refractivity contribution in [1.29, 1.82) is 0 Å². The fraction of sp³-hybridized carbons (Fsp3) is 1.00. The predicted molar refractivity (Wildman–Crippen MR) is 96.1 cm³/mol. The highest BCUT2D eigenvalue weighted by Crippen LogP contribution is 2.12. The van der Waals surface area contributed by atoms with E-state index in [0.29, 0.717) is 0 Å². The maximum Gasteiger partial charge on any atom is -0.0443 e. The molecule has 1 unspecified atom stereocenters. The SMILES string of the molecule is C.CCC.CCCCC(C)CCC.CCCCCC. The van der Waals surface area contributed by atoms with Gasteiger partial charge in [0.05, 0.1) is 0 Å². The summed E-state index contributed by atoms with van der Waals surface area (Å²) in [6, 6.07) is 0. The van der Waals surface area contributed by atoms with Crippen molar-refractivity contribution in [2.45, 2.75) is 120 Å². The molecular weight excluding hydrogens is 228 g/mol. The molecule has 19 heavy (non-hydrogen) atoms. The first-order chi connectivity index (χ1) is 8.64. The van der Waals surface area contributed by atoms with Crippen LogP contribution in [0.3, 0.4) is 0 Å². The minimum atomic E-state index is 0. The smallest absolute Gasteiger partial charge is 0.0443 e. The molecule has 0 nitrogen and oxygen atoms in total. The summed E-state index contributed by atoms with van der Waals surface area (Å²) in [6.07, 6.45) is 13.8. The number of unbranched alkanes of at least 4 members (excludes halogenated alkanes) is 4. The third-order valence-electron chi connectivity index (χ3n) is 2.79. The van der Waals surface area contributed by atoms with Gasteiger partial charge in [-0.2, -0.15) is 0 Å². The lowest BCUT2D eigenvalue weighted by atomic mass is 10.00. The van der Waals surface area contributed by atoms with E-state index in [4.69, 9.17) is 0 Å². The van der Waals surface area contributed by atoms with Crippen LogP contribution in [-0.4, -0.2) is 0 Å². The first kappa shape index (κ1) is 27.4. The molecule has 0 heterocycles. The monoisotopic (exact) mass is 274 g/mol. The highest BCUT2D eigenvalue weighted by atomic mass is 14.0. The van der Waals surface area contributed by atoms with Crippen LogP contribution in [0.25, 0.3) is 0 Å². The molecule has 1 atom stereocenters. The molecular formula is C19H46. The van der Waals surface area contributed by atoms with Gasteiger partial charge in [0.2, 0.25) is 0 Å². The molecule has 0 spiro atoms. The number of hydrogen-bond donors (Lipinski definition) is 0. The van der Waals surface area contributed by atoms with Gasteiger partial charge in [-0.3, -0.25) is 0 Å². The van der Waals surface area contributed by atoms with E-state index in [-0.39, 0.29) is 7.43 Å². The van der Waals surface area contributed by atoms with E-state index in [1.807, 2.05) is 0 Å². The van der Waals surface area contributed by atoms with Gasteiger partial charge in [-0.15, -0.1) is 0 Å². The molecule has 0 aromatic carbocycles. The first-order valence-corrected chi connectivity index (χ1v) is 8.64. The summed E-state index contributed by atoms with van der Waals surface area (Å²) in [6.45, 7) is 15.6. The van der Waals surface area contributed by atoms with Gasteiger partial charge < -0.3 is 0 Å². The lowest BCUT2D eigenvalue weighted by molar-refractivity contribution is 0.466. The molecule has 122 valence electrons. The van der Waals surface area contributed by atoms with E-state index in [0.717, 1.165) is 5.92 Å². The van der Waals surface area contributed by atoms with Crippen molar-refractivity contribution in [2.75, 3.05) is 0 Å². The summed E-state index contributed by atoms with van der Waals surface area (Å²) in [4.78, 5) is 0. The summed E-state index contributed by atoms with van der Waals surface area (Å²) < 4.78 is 0. The van der Waals surface area contributed by atoms with Crippen LogP contribution >= 0.6 is 0 Å². The molecule has 0 saturated heterocycles. The van der Waals surface area contributed by atoms with Crippen molar-refractivity contribution < 1.29 is 0 Å². The summed E-state index contributed by atoms with van der Waals surface area (Å²) in [7, 11) is 0. The van der Waals surface area contributed by atoms with Crippen molar-refractivity contribution in [1.82, 2.24) is 0 Å². The largest absolute Gasteiger partial charge is 0.0776 e. The van der Waals surface area contributed by atoms with E-state index < -0.39 is 0 Å². The molecule has 0 aliphatic heterocycles. The predicted octanol–water partition coefficient (Wildman–Crippen LogP) is 8.25.